The van der Waals surface area contributed by atoms with Crippen LogP contribution in [0.1, 0.15) is 32.1 Å². The Morgan fingerprint density at radius 2 is 1.67 bits per heavy atom. The number of nitrogens with zero attached hydrogens (tertiary/aromatic N) is 4. The SMILES string of the molecule is Oc1ccccc1-c1nc(N2CCC(N3CCCCC3)CC2)c2cc(F)ccc2n1. The molecule has 0 aliphatic carbocycles. The van der Waals surface area contributed by atoms with Gasteiger partial charge in [-0.2, -0.15) is 0 Å². The first-order valence-corrected chi connectivity index (χ1v) is 10.9. The average Bonchev–Trinajstić information content (AvgIpc) is 2.79. The number of rotatable bonds is 3. The van der Waals surface area contributed by atoms with Crippen LogP contribution in [0.25, 0.3) is 22.3 Å². The second kappa shape index (κ2) is 8.19. The van der Waals surface area contributed by atoms with Gasteiger partial charge in [0, 0.05) is 24.5 Å². The molecule has 0 unspecified atom stereocenters. The fourth-order valence-electron chi connectivity index (χ4n) is 4.84. The number of aromatic nitrogens is 2. The van der Waals surface area contributed by atoms with E-state index in [1.807, 2.05) is 12.1 Å². The number of likely N-dealkylation sites (tertiary alicyclic amines) is 1. The Labute approximate surface area is 176 Å². The molecule has 1 N–H and O–H groups in total. The number of fused-ring (bicyclic) bond motifs is 1. The summed E-state index contributed by atoms with van der Waals surface area (Å²) in [5, 5.41) is 11.0. The maximum atomic E-state index is 14.1. The van der Waals surface area contributed by atoms with Crippen LogP contribution < -0.4 is 4.90 Å². The predicted molar refractivity (Wildman–Crippen MR) is 117 cm³/mol. The molecule has 0 radical (unpaired) electrons. The predicted octanol–water partition coefficient (Wildman–Crippen LogP) is 4.60. The van der Waals surface area contributed by atoms with Crippen molar-refractivity contribution in [2.45, 2.75) is 38.1 Å². The fraction of sp³-hybridized carbons (Fsp3) is 0.417. The Kier molecular flexibility index (Phi) is 5.25. The van der Waals surface area contributed by atoms with E-state index in [-0.39, 0.29) is 11.6 Å². The lowest BCUT2D eigenvalue weighted by molar-refractivity contribution is 0.141. The van der Waals surface area contributed by atoms with Gasteiger partial charge in [0.25, 0.3) is 0 Å². The third-order valence-corrected chi connectivity index (χ3v) is 6.45. The van der Waals surface area contributed by atoms with E-state index in [4.69, 9.17) is 4.98 Å². The average molecular weight is 407 g/mol. The quantitative estimate of drug-likeness (QED) is 0.689. The number of phenols is 1. The molecule has 5 rings (SSSR count). The van der Waals surface area contributed by atoms with Crippen LogP contribution in [-0.4, -0.2) is 52.2 Å². The molecule has 0 atom stereocenters. The van der Waals surface area contributed by atoms with Gasteiger partial charge in [0.1, 0.15) is 17.4 Å². The molecule has 3 aromatic rings. The van der Waals surface area contributed by atoms with Crippen molar-refractivity contribution in [3.63, 3.8) is 0 Å². The Bertz CT molecular complexity index is 1040. The van der Waals surface area contributed by atoms with Crippen molar-refractivity contribution < 1.29 is 9.50 Å². The van der Waals surface area contributed by atoms with Crippen molar-refractivity contribution in [1.29, 1.82) is 0 Å². The van der Waals surface area contributed by atoms with Gasteiger partial charge in [0.2, 0.25) is 0 Å². The standard InChI is InChI=1S/C24H27FN4O/c25-17-8-9-21-20(16-17)24(27-23(26-21)19-6-2-3-7-22(19)30)29-14-10-18(11-15-29)28-12-4-1-5-13-28/h2-3,6-9,16,18,30H,1,4-5,10-15H2. The van der Waals surface area contributed by atoms with Gasteiger partial charge < -0.3 is 14.9 Å². The number of phenolic OH excluding ortho intramolecular Hbond substituents is 1. The van der Waals surface area contributed by atoms with Crippen LogP contribution in [0, 0.1) is 5.82 Å². The molecule has 0 bridgehead atoms. The van der Waals surface area contributed by atoms with Gasteiger partial charge in [0.15, 0.2) is 5.82 Å². The summed E-state index contributed by atoms with van der Waals surface area (Å²) in [6, 6.07) is 12.4. The van der Waals surface area contributed by atoms with Gasteiger partial charge in [-0.1, -0.05) is 18.6 Å². The Balaban J connectivity index is 1.48. The van der Waals surface area contributed by atoms with Crippen LogP contribution in [0.4, 0.5) is 10.2 Å². The van der Waals surface area contributed by atoms with E-state index < -0.39 is 0 Å². The molecular weight excluding hydrogens is 379 g/mol. The zero-order valence-electron chi connectivity index (χ0n) is 17.1. The summed E-state index contributed by atoms with van der Waals surface area (Å²) in [7, 11) is 0. The Morgan fingerprint density at radius 3 is 2.43 bits per heavy atom. The summed E-state index contributed by atoms with van der Waals surface area (Å²) < 4.78 is 14.1. The highest BCUT2D eigenvalue weighted by atomic mass is 19.1. The maximum absolute atomic E-state index is 14.1. The zero-order chi connectivity index (χ0) is 20.5. The number of piperidine rings is 2. The van der Waals surface area contributed by atoms with Gasteiger partial charge in [-0.15, -0.1) is 0 Å². The summed E-state index contributed by atoms with van der Waals surface area (Å²) in [4.78, 5) is 14.3. The molecular formula is C24H27FN4O. The van der Waals surface area contributed by atoms with E-state index in [2.05, 4.69) is 14.8 Å². The van der Waals surface area contributed by atoms with E-state index in [0.717, 1.165) is 37.1 Å². The minimum atomic E-state index is -0.286. The highest BCUT2D eigenvalue weighted by molar-refractivity contribution is 5.91. The van der Waals surface area contributed by atoms with E-state index in [1.165, 1.54) is 44.5 Å². The van der Waals surface area contributed by atoms with Gasteiger partial charge >= 0.3 is 0 Å². The molecule has 0 saturated carbocycles. The highest BCUT2D eigenvalue weighted by Gasteiger charge is 2.27. The van der Waals surface area contributed by atoms with Crippen molar-refractivity contribution >= 4 is 16.7 Å². The minimum absolute atomic E-state index is 0.147. The van der Waals surface area contributed by atoms with Gasteiger partial charge in [-0.05, 0) is 69.1 Å². The lowest BCUT2D eigenvalue weighted by Crippen LogP contribution is -2.47. The molecule has 3 heterocycles. The van der Waals surface area contributed by atoms with E-state index in [1.54, 1.807) is 18.2 Å². The molecule has 2 aromatic carbocycles. The van der Waals surface area contributed by atoms with Crippen LogP contribution in [0.5, 0.6) is 5.75 Å². The van der Waals surface area contributed by atoms with Crippen molar-refractivity contribution in [3.05, 3.63) is 48.3 Å². The largest absolute Gasteiger partial charge is 0.507 e. The lowest BCUT2D eigenvalue weighted by Gasteiger charge is -2.40. The number of benzene rings is 2. The van der Waals surface area contributed by atoms with Crippen LogP contribution in [0.3, 0.4) is 0 Å². The van der Waals surface area contributed by atoms with Crippen molar-refractivity contribution in [2.75, 3.05) is 31.1 Å². The third kappa shape index (κ3) is 3.72. The number of hydrogen-bond acceptors (Lipinski definition) is 5. The first kappa shape index (κ1) is 19.2. The molecule has 156 valence electrons. The van der Waals surface area contributed by atoms with Gasteiger partial charge in [0.05, 0.1) is 11.1 Å². The molecule has 0 spiro atoms. The summed E-state index contributed by atoms with van der Waals surface area (Å²) >= 11 is 0. The molecule has 2 fully saturated rings. The van der Waals surface area contributed by atoms with Crippen LogP contribution in [0.2, 0.25) is 0 Å². The number of anilines is 1. The summed E-state index contributed by atoms with van der Waals surface area (Å²) in [6.07, 6.45) is 6.14. The summed E-state index contributed by atoms with van der Waals surface area (Å²) in [5.41, 5.74) is 1.28. The van der Waals surface area contributed by atoms with Crippen LogP contribution in [-0.2, 0) is 0 Å². The molecule has 6 heteroatoms. The lowest BCUT2D eigenvalue weighted by atomic mass is 9.99. The monoisotopic (exact) mass is 406 g/mol. The molecule has 2 aliphatic heterocycles. The van der Waals surface area contributed by atoms with Crippen molar-refractivity contribution in [3.8, 4) is 17.1 Å². The molecule has 0 amide bonds. The molecule has 30 heavy (non-hydrogen) atoms. The van der Waals surface area contributed by atoms with E-state index in [9.17, 15) is 9.50 Å². The van der Waals surface area contributed by atoms with Crippen molar-refractivity contribution in [2.24, 2.45) is 0 Å². The maximum Gasteiger partial charge on any atom is 0.165 e. The van der Waals surface area contributed by atoms with Gasteiger partial charge in [-0.25, -0.2) is 14.4 Å². The van der Waals surface area contributed by atoms with Crippen LogP contribution >= 0.6 is 0 Å². The number of halogens is 1. The summed E-state index contributed by atoms with van der Waals surface area (Å²) in [6.45, 7) is 4.21. The first-order chi connectivity index (χ1) is 14.7. The van der Waals surface area contributed by atoms with Crippen LogP contribution in [0.15, 0.2) is 42.5 Å². The summed E-state index contributed by atoms with van der Waals surface area (Å²) in [5.74, 6) is 1.09. The second-order valence-electron chi connectivity index (χ2n) is 8.36. The highest BCUT2D eigenvalue weighted by Crippen LogP contribution is 2.33. The van der Waals surface area contributed by atoms with E-state index in [0.29, 0.717) is 22.9 Å². The topological polar surface area (TPSA) is 52.5 Å². The Hall–Kier alpha value is -2.73. The normalized spacial score (nSPS) is 18.8. The molecule has 5 nitrogen and oxygen atoms in total. The number of hydrogen-bond donors (Lipinski definition) is 1. The first-order valence-electron chi connectivity index (χ1n) is 10.9. The fourth-order valence-corrected chi connectivity index (χ4v) is 4.84. The van der Waals surface area contributed by atoms with Crippen molar-refractivity contribution in [1.82, 2.24) is 14.9 Å². The zero-order valence-corrected chi connectivity index (χ0v) is 17.1. The molecule has 2 aliphatic rings. The number of aromatic hydroxyl groups is 1. The van der Waals surface area contributed by atoms with Gasteiger partial charge in [-0.3, -0.25) is 0 Å². The number of para-hydroxylation sites is 1. The molecule has 1 aromatic heterocycles. The third-order valence-electron chi connectivity index (χ3n) is 6.45. The second-order valence-corrected chi connectivity index (χ2v) is 8.36. The smallest absolute Gasteiger partial charge is 0.165 e. The minimum Gasteiger partial charge on any atom is -0.507 e. The van der Waals surface area contributed by atoms with E-state index >= 15 is 0 Å². The molecule has 2 saturated heterocycles. The Morgan fingerprint density at radius 1 is 0.900 bits per heavy atom.